The molecule has 0 aromatic heterocycles. The van der Waals surface area contributed by atoms with E-state index in [4.69, 9.17) is 9.47 Å². The molecule has 4 heteroatoms. The van der Waals surface area contributed by atoms with Gasteiger partial charge in [0.05, 0.1) is 0 Å². The van der Waals surface area contributed by atoms with Gasteiger partial charge in [-0.15, -0.1) is 0 Å². The van der Waals surface area contributed by atoms with Crippen molar-refractivity contribution in [1.29, 1.82) is 0 Å². The summed E-state index contributed by atoms with van der Waals surface area (Å²) in [6.07, 6.45) is 5.73. The van der Waals surface area contributed by atoms with Gasteiger partial charge in [0.15, 0.2) is 0 Å². The predicted octanol–water partition coefficient (Wildman–Crippen LogP) is 3.32. The highest BCUT2D eigenvalue weighted by atomic mass is 16.6. The maximum atomic E-state index is 11.7. The first-order valence-electron chi connectivity index (χ1n) is 7.09. The largest absolute Gasteiger partial charge is 0.455 e. The minimum absolute atomic E-state index is 0.332. The van der Waals surface area contributed by atoms with E-state index in [1.54, 1.807) is 0 Å². The van der Waals surface area contributed by atoms with Crippen LogP contribution in [0.3, 0.4) is 0 Å². The molecule has 1 saturated carbocycles. The van der Waals surface area contributed by atoms with Gasteiger partial charge in [0.25, 0.3) is 0 Å². The molecule has 2 atom stereocenters. The van der Waals surface area contributed by atoms with Gasteiger partial charge in [0.2, 0.25) is 0 Å². The van der Waals surface area contributed by atoms with Gasteiger partial charge in [-0.05, 0) is 53.4 Å². The zero-order valence-electron chi connectivity index (χ0n) is 12.8. The topological polar surface area (TPSA) is 52.6 Å². The van der Waals surface area contributed by atoms with Gasteiger partial charge >= 0.3 is 11.9 Å². The number of ether oxygens (including phenoxy) is 2. The summed E-state index contributed by atoms with van der Waals surface area (Å²) >= 11 is 0. The molecule has 0 spiro atoms. The van der Waals surface area contributed by atoms with Crippen molar-refractivity contribution >= 4 is 11.9 Å². The SMILES string of the molecule is CC(C)=CC(=O)OC1CCCCC1OC(=O)C=C(C)C. The van der Waals surface area contributed by atoms with E-state index in [9.17, 15) is 9.59 Å². The van der Waals surface area contributed by atoms with Crippen LogP contribution in [0.15, 0.2) is 23.3 Å². The molecule has 0 heterocycles. The van der Waals surface area contributed by atoms with E-state index in [1.165, 1.54) is 12.2 Å². The van der Waals surface area contributed by atoms with Gasteiger partial charge in [-0.1, -0.05) is 11.1 Å². The maximum Gasteiger partial charge on any atom is 0.331 e. The lowest BCUT2D eigenvalue weighted by Gasteiger charge is -2.30. The summed E-state index contributed by atoms with van der Waals surface area (Å²) in [5.41, 5.74) is 1.78. The fourth-order valence-electron chi connectivity index (χ4n) is 2.17. The summed E-state index contributed by atoms with van der Waals surface area (Å²) in [5, 5.41) is 0. The highest BCUT2D eigenvalue weighted by Crippen LogP contribution is 2.24. The Kier molecular flexibility index (Phi) is 6.49. The third kappa shape index (κ3) is 6.04. The normalized spacial score (nSPS) is 21.6. The lowest BCUT2D eigenvalue weighted by atomic mass is 9.94. The molecule has 1 aliphatic rings. The lowest BCUT2D eigenvalue weighted by Crippen LogP contribution is -2.37. The number of carbonyl (C=O) groups is 2. The molecule has 0 radical (unpaired) electrons. The van der Waals surface area contributed by atoms with Crippen LogP contribution in [-0.2, 0) is 19.1 Å². The molecule has 0 aromatic rings. The second kappa shape index (κ2) is 7.88. The first-order valence-corrected chi connectivity index (χ1v) is 7.09. The van der Waals surface area contributed by atoms with Crippen LogP contribution < -0.4 is 0 Å². The van der Waals surface area contributed by atoms with Crippen molar-refractivity contribution in [3.63, 3.8) is 0 Å². The molecular formula is C16H24O4. The molecule has 0 saturated heterocycles. The smallest absolute Gasteiger partial charge is 0.331 e. The molecule has 0 aromatic carbocycles. The first kappa shape index (κ1) is 16.5. The monoisotopic (exact) mass is 280 g/mol. The fraction of sp³-hybridized carbons (Fsp3) is 0.625. The van der Waals surface area contributed by atoms with Gasteiger partial charge in [-0.2, -0.15) is 0 Å². The molecular weight excluding hydrogens is 256 g/mol. The van der Waals surface area contributed by atoms with Gasteiger partial charge in [0.1, 0.15) is 12.2 Å². The van der Waals surface area contributed by atoms with Crippen molar-refractivity contribution in [3.8, 4) is 0 Å². The van der Waals surface area contributed by atoms with Crippen LogP contribution in [0.4, 0.5) is 0 Å². The Balaban J connectivity index is 2.62. The fourth-order valence-corrected chi connectivity index (χ4v) is 2.17. The first-order chi connectivity index (χ1) is 9.38. The number of esters is 2. The van der Waals surface area contributed by atoms with E-state index >= 15 is 0 Å². The van der Waals surface area contributed by atoms with Gasteiger partial charge < -0.3 is 9.47 Å². The minimum atomic E-state index is -0.361. The van der Waals surface area contributed by atoms with Crippen LogP contribution in [0, 0.1) is 0 Å². The predicted molar refractivity (Wildman–Crippen MR) is 77.1 cm³/mol. The minimum Gasteiger partial charge on any atom is -0.455 e. The van der Waals surface area contributed by atoms with Crippen molar-refractivity contribution in [2.24, 2.45) is 0 Å². The Labute approximate surface area is 120 Å². The Hall–Kier alpha value is -1.58. The quantitative estimate of drug-likeness (QED) is 0.585. The van der Waals surface area contributed by atoms with E-state index in [-0.39, 0.29) is 24.1 Å². The summed E-state index contributed by atoms with van der Waals surface area (Å²) < 4.78 is 10.8. The van der Waals surface area contributed by atoms with Gasteiger partial charge in [-0.3, -0.25) is 0 Å². The molecule has 1 aliphatic carbocycles. The highest BCUT2D eigenvalue weighted by molar-refractivity contribution is 5.83. The summed E-state index contributed by atoms with van der Waals surface area (Å²) in [7, 11) is 0. The average molecular weight is 280 g/mol. The number of carbonyl (C=O) groups excluding carboxylic acids is 2. The Bertz CT molecular complexity index is 372. The standard InChI is InChI=1S/C16H24O4/c1-11(2)9-15(17)19-13-7-5-6-8-14(13)20-16(18)10-12(3)4/h9-10,13-14H,5-8H2,1-4H3. The molecule has 0 aliphatic heterocycles. The molecule has 0 bridgehead atoms. The third-order valence-electron chi connectivity index (χ3n) is 2.99. The van der Waals surface area contributed by atoms with Crippen molar-refractivity contribution in [2.75, 3.05) is 0 Å². The molecule has 2 unspecified atom stereocenters. The lowest BCUT2D eigenvalue weighted by molar-refractivity contribution is -0.165. The van der Waals surface area contributed by atoms with E-state index < -0.39 is 0 Å². The van der Waals surface area contributed by atoms with Crippen molar-refractivity contribution < 1.29 is 19.1 Å². The van der Waals surface area contributed by atoms with Crippen LogP contribution in [0.5, 0.6) is 0 Å². The van der Waals surface area contributed by atoms with E-state index in [2.05, 4.69) is 0 Å². The Morgan fingerprint density at radius 2 is 1.15 bits per heavy atom. The maximum absolute atomic E-state index is 11.7. The number of hydrogen-bond acceptors (Lipinski definition) is 4. The van der Waals surface area contributed by atoms with Gasteiger partial charge in [-0.25, -0.2) is 9.59 Å². The van der Waals surface area contributed by atoms with E-state index in [1.807, 2.05) is 27.7 Å². The zero-order valence-corrected chi connectivity index (χ0v) is 12.8. The number of allylic oxidation sites excluding steroid dienone is 2. The van der Waals surface area contributed by atoms with Crippen LogP contribution >= 0.6 is 0 Å². The Morgan fingerprint density at radius 3 is 1.45 bits per heavy atom. The molecule has 1 fully saturated rings. The highest BCUT2D eigenvalue weighted by Gasteiger charge is 2.30. The molecule has 112 valence electrons. The molecule has 20 heavy (non-hydrogen) atoms. The zero-order chi connectivity index (χ0) is 15.1. The molecule has 0 N–H and O–H groups in total. The molecule has 4 nitrogen and oxygen atoms in total. The van der Waals surface area contributed by atoms with Crippen LogP contribution in [0.25, 0.3) is 0 Å². The number of rotatable bonds is 4. The summed E-state index contributed by atoms with van der Waals surface area (Å²) in [6, 6.07) is 0. The summed E-state index contributed by atoms with van der Waals surface area (Å²) in [6.45, 7) is 7.37. The molecule has 1 rings (SSSR count). The second-order valence-electron chi connectivity index (χ2n) is 5.68. The Morgan fingerprint density at radius 1 is 0.800 bits per heavy atom. The van der Waals surface area contributed by atoms with Crippen molar-refractivity contribution in [3.05, 3.63) is 23.3 Å². The van der Waals surface area contributed by atoms with E-state index in [0.717, 1.165) is 36.8 Å². The van der Waals surface area contributed by atoms with Crippen molar-refractivity contribution in [1.82, 2.24) is 0 Å². The van der Waals surface area contributed by atoms with Gasteiger partial charge in [0, 0.05) is 12.2 Å². The van der Waals surface area contributed by atoms with Crippen LogP contribution in [0.1, 0.15) is 53.4 Å². The van der Waals surface area contributed by atoms with Crippen molar-refractivity contribution in [2.45, 2.75) is 65.6 Å². The van der Waals surface area contributed by atoms with E-state index in [0.29, 0.717) is 0 Å². The third-order valence-corrected chi connectivity index (χ3v) is 2.99. The number of hydrogen-bond donors (Lipinski definition) is 0. The molecule has 0 amide bonds. The summed E-state index contributed by atoms with van der Waals surface area (Å²) in [5.74, 6) is -0.722. The second-order valence-corrected chi connectivity index (χ2v) is 5.68. The average Bonchev–Trinajstić information content (AvgIpc) is 2.29. The van der Waals surface area contributed by atoms with Crippen LogP contribution in [0.2, 0.25) is 0 Å². The summed E-state index contributed by atoms with van der Waals surface area (Å²) in [4.78, 5) is 23.4. The van der Waals surface area contributed by atoms with Crippen LogP contribution in [-0.4, -0.2) is 24.1 Å².